The summed E-state index contributed by atoms with van der Waals surface area (Å²) in [4.78, 5) is 12.2. The number of ether oxygens (including phenoxy) is 2. The quantitative estimate of drug-likeness (QED) is 0.864. The van der Waals surface area contributed by atoms with Gasteiger partial charge in [-0.1, -0.05) is 35.9 Å². The lowest BCUT2D eigenvalue weighted by Gasteiger charge is -2.24. The van der Waals surface area contributed by atoms with Gasteiger partial charge >= 0.3 is 0 Å². The van der Waals surface area contributed by atoms with Crippen LogP contribution in [0.15, 0.2) is 48.5 Å². The van der Waals surface area contributed by atoms with Crippen LogP contribution in [-0.4, -0.2) is 25.7 Å². The summed E-state index contributed by atoms with van der Waals surface area (Å²) in [5.41, 5.74) is 2.29. The summed E-state index contributed by atoms with van der Waals surface area (Å²) in [7, 11) is 0. The van der Waals surface area contributed by atoms with Crippen LogP contribution < -0.4 is 14.8 Å². The van der Waals surface area contributed by atoms with E-state index in [0.29, 0.717) is 19.8 Å². The fourth-order valence-electron chi connectivity index (χ4n) is 2.62. The molecule has 0 saturated heterocycles. The minimum Gasteiger partial charge on any atom is -0.492 e. The molecule has 1 unspecified atom stereocenters. The van der Waals surface area contributed by atoms with Crippen LogP contribution in [0.2, 0.25) is 0 Å². The van der Waals surface area contributed by atoms with Crippen LogP contribution in [-0.2, 0) is 11.2 Å². The van der Waals surface area contributed by atoms with Gasteiger partial charge in [-0.2, -0.15) is 0 Å². The van der Waals surface area contributed by atoms with E-state index in [0.717, 1.165) is 23.5 Å². The molecule has 1 aliphatic heterocycles. The Bertz CT molecular complexity index is 667. The molecule has 1 N–H and O–H groups in total. The number of carbonyl (C=O) groups excluding carboxylic acids is 1. The molecule has 23 heavy (non-hydrogen) atoms. The summed E-state index contributed by atoms with van der Waals surface area (Å²) < 4.78 is 11.3. The number of nitrogens with one attached hydrogen (secondary N) is 1. The first-order valence-corrected chi connectivity index (χ1v) is 7.90. The smallest absolute Gasteiger partial charge is 0.227 e. The minimum absolute atomic E-state index is 0.0204. The van der Waals surface area contributed by atoms with E-state index in [9.17, 15) is 4.79 Å². The van der Waals surface area contributed by atoms with E-state index in [2.05, 4.69) is 5.32 Å². The Hall–Kier alpha value is -2.49. The minimum atomic E-state index is -0.135. The summed E-state index contributed by atoms with van der Waals surface area (Å²) in [6.45, 7) is 3.42. The second kappa shape index (κ2) is 7.18. The van der Waals surface area contributed by atoms with E-state index in [4.69, 9.17) is 9.47 Å². The first-order chi connectivity index (χ1) is 11.2. The lowest BCUT2D eigenvalue weighted by Crippen LogP contribution is -2.39. The molecular formula is C19H21NO3. The van der Waals surface area contributed by atoms with Crippen molar-refractivity contribution in [2.45, 2.75) is 13.3 Å². The van der Waals surface area contributed by atoms with Gasteiger partial charge in [0.1, 0.15) is 24.7 Å². The van der Waals surface area contributed by atoms with Gasteiger partial charge in [0.15, 0.2) is 0 Å². The van der Waals surface area contributed by atoms with Gasteiger partial charge in [-0.3, -0.25) is 4.79 Å². The number of aryl methyl sites for hydroxylation is 1. The van der Waals surface area contributed by atoms with Crippen molar-refractivity contribution in [2.75, 3.05) is 19.8 Å². The van der Waals surface area contributed by atoms with Crippen molar-refractivity contribution in [3.63, 3.8) is 0 Å². The van der Waals surface area contributed by atoms with Gasteiger partial charge in [0, 0.05) is 0 Å². The van der Waals surface area contributed by atoms with E-state index in [1.807, 2.05) is 55.5 Å². The molecular weight excluding hydrogens is 290 g/mol. The molecule has 1 aliphatic rings. The Morgan fingerprint density at radius 2 is 2.00 bits per heavy atom. The van der Waals surface area contributed by atoms with E-state index in [1.54, 1.807) is 0 Å². The van der Waals surface area contributed by atoms with Gasteiger partial charge in [0.05, 0.1) is 12.5 Å². The summed E-state index contributed by atoms with van der Waals surface area (Å²) in [5, 5.41) is 2.92. The van der Waals surface area contributed by atoms with Gasteiger partial charge in [0.2, 0.25) is 5.91 Å². The molecule has 120 valence electrons. The number of benzene rings is 2. The molecule has 4 nitrogen and oxygen atoms in total. The highest BCUT2D eigenvalue weighted by Gasteiger charge is 2.25. The van der Waals surface area contributed by atoms with Crippen LogP contribution in [0.25, 0.3) is 0 Å². The van der Waals surface area contributed by atoms with Crippen LogP contribution >= 0.6 is 0 Å². The number of amides is 1. The molecule has 1 atom stereocenters. The maximum absolute atomic E-state index is 12.2. The van der Waals surface area contributed by atoms with Gasteiger partial charge in [0.25, 0.3) is 0 Å². The third-order valence-electron chi connectivity index (χ3n) is 3.94. The Balaban J connectivity index is 1.42. The Labute approximate surface area is 136 Å². The molecule has 2 aromatic rings. The Morgan fingerprint density at radius 1 is 1.22 bits per heavy atom. The molecule has 0 fully saturated rings. The van der Waals surface area contributed by atoms with E-state index in [1.165, 1.54) is 5.56 Å². The van der Waals surface area contributed by atoms with Gasteiger partial charge < -0.3 is 14.8 Å². The van der Waals surface area contributed by atoms with Gasteiger partial charge in [-0.25, -0.2) is 0 Å². The fourth-order valence-corrected chi connectivity index (χ4v) is 2.62. The predicted octanol–water partition coefficient (Wildman–Crippen LogP) is 2.74. The molecule has 0 aromatic heterocycles. The highest BCUT2D eigenvalue weighted by molar-refractivity contribution is 5.79. The average Bonchev–Trinajstić information content (AvgIpc) is 2.59. The number of rotatable bonds is 5. The largest absolute Gasteiger partial charge is 0.492 e. The zero-order valence-electron chi connectivity index (χ0n) is 13.2. The van der Waals surface area contributed by atoms with Crippen LogP contribution in [0, 0.1) is 12.8 Å². The third kappa shape index (κ3) is 4.03. The first-order valence-electron chi connectivity index (χ1n) is 7.90. The van der Waals surface area contributed by atoms with Gasteiger partial charge in [-0.05, 0) is 37.1 Å². The first kappa shape index (κ1) is 15.4. The summed E-state index contributed by atoms with van der Waals surface area (Å²) in [6, 6.07) is 15.7. The van der Waals surface area contributed by atoms with Crippen molar-refractivity contribution in [1.29, 1.82) is 0 Å². The van der Waals surface area contributed by atoms with Crippen molar-refractivity contribution in [3.8, 4) is 11.5 Å². The van der Waals surface area contributed by atoms with Crippen LogP contribution in [0.4, 0.5) is 0 Å². The summed E-state index contributed by atoms with van der Waals surface area (Å²) >= 11 is 0. The molecule has 0 spiro atoms. The maximum atomic E-state index is 12.2. The lowest BCUT2D eigenvalue weighted by molar-refractivity contribution is -0.126. The molecule has 1 heterocycles. The molecule has 2 aromatic carbocycles. The molecule has 0 saturated carbocycles. The van der Waals surface area contributed by atoms with E-state index in [-0.39, 0.29) is 11.8 Å². The van der Waals surface area contributed by atoms with E-state index < -0.39 is 0 Å². The highest BCUT2D eigenvalue weighted by Crippen LogP contribution is 2.26. The maximum Gasteiger partial charge on any atom is 0.227 e. The van der Waals surface area contributed by atoms with E-state index >= 15 is 0 Å². The summed E-state index contributed by atoms with van der Waals surface area (Å²) in [6.07, 6.45) is 0.723. The molecule has 1 amide bonds. The molecule has 0 radical (unpaired) electrons. The monoisotopic (exact) mass is 311 g/mol. The normalized spacial score (nSPS) is 16.1. The predicted molar refractivity (Wildman–Crippen MR) is 88.8 cm³/mol. The number of hydrogen-bond acceptors (Lipinski definition) is 3. The van der Waals surface area contributed by atoms with Crippen LogP contribution in [0.3, 0.4) is 0 Å². The lowest BCUT2D eigenvalue weighted by atomic mass is 9.96. The second-order valence-corrected chi connectivity index (χ2v) is 5.77. The van der Waals surface area contributed by atoms with Crippen LogP contribution in [0.5, 0.6) is 11.5 Å². The number of fused-ring (bicyclic) bond motifs is 1. The fraction of sp³-hybridized carbons (Fsp3) is 0.316. The van der Waals surface area contributed by atoms with Gasteiger partial charge in [-0.15, -0.1) is 0 Å². The van der Waals surface area contributed by atoms with Crippen molar-refractivity contribution < 1.29 is 14.3 Å². The Morgan fingerprint density at radius 3 is 2.83 bits per heavy atom. The molecule has 0 bridgehead atoms. The number of carbonyl (C=O) groups is 1. The standard InChI is InChI=1S/C19H21NO3/c1-14-6-8-17(9-7-14)22-11-10-20-19(21)16-12-15-4-2-3-5-18(15)23-13-16/h2-9,16H,10-13H2,1H3,(H,20,21). The molecule has 4 heteroatoms. The SMILES string of the molecule is Cc1ccc(OCCNC(=O)C2COc3ccccc3C2)cc1. The zero-order chi connectivity index (χ0) is 16.1. The topological polar surface area (TPSA) is 47.6 Å². The zero-order valence-corrected chi connectivity index (χ0v) is 13.2. The third-order valence-corrected chi connectivity index (χ3v) is 3.94. The summed E-state index contributed by atoms with van der Waals surface area (Å²) in [5.74, 6) is 1.59. The van der Waals surface area contributed by atoms with Crippen molar-refractivity contribution in [3.05, 3.63) is 59.7 Å². The Kier molecular flexibility index (Phi) is 4.81. The molecule has 0 aliphatic carbocycles. The number of para-hydroxylation sites is 1. The van der Waals surface area contributed by atoms with Crippen molar-refractivity contribution in [1.82, 2.24) is 5.32 Å². The average molecular weight is 311 g/mol. The van der Waals surface area contributed by atoms with Crippen molar-refractivity contribution >= 4 is 5.91 Å². The highest BCUT2D eigenvalue weighted by atomic mass is 16.5. The second-order valence-electron chi connectivity index (χ2n) is 5.77. The molecule has 3 rings (SSSR count). The van der Waals surface area contributed by atoms with Crippen molar-refractivity contribution in [2.24, 2.45) is 5.92 Å². The number of hydrogen-bond donors (Lipinski definition) is 1. The van der Waals surface area contributed by atoms with Crippen LogP contribution in [0.1, 0.15) is 11.1 Å².